The van der Waals surface area contributed by atoms with Gasteiger partial charge in [0.05, 0.1) is 7.11 Å². The van der Waals surface area contributed by atoms with Crippen LogP contribution in [0.4, 0.5) is 0 Å². The maximum absolute atomic E-state index is 5.99. The fourth-order valence-electron chi connectivity index (χ4n) is 3.22. The molecule has 1 aliphatic rings. The Kier molecular flexibility index (Phi) is 6.17. The van der Waals surface area contributed by atoms with Crippen molar-refractivity contribution in [3.05, 3.63) is 83.9 Å². The minimum absolute atomic E-state index is 0.0167. The van der Waals surface area contributed by atoms with Crippen LogP contribution in [-0.4, -0.2) is 26.4 Å². The summed E-state index contributed by atoms with van der Waals surface area (Å²) in [6.07, 6.45) is -0.0167. The first-order valence-electron chi connectivity index (χ1n) is 9.74. The molecule has 0 amide bonds. The number of hydrogen-bond donors (Lipinski definition) is 1. The molecule has 5 heteroatoms. The fourth-order valence-corrected chi connectivity index (χ4v) is 3.22. The maximum atomic E-state index is 5.99. The van der Waals surface area contributed by atoms with E-state index in [-0.39, 0.29) is 6.10 Å². The molecule has 0 unspecified atom stereocenters. The summed E-state index contributed by atoms with van der Waals surface area (Å²) in [5.41, 5.74) is 2.23. The molecule has 0 bridgehead atoms. The molecule has 5 nitrogen and oxygen atoms in total. The van der Waals surface area contributed by atoms with Crippen LogP contribution >= 0.6 is 0 Å². The average molecular weight is 391 g/mol. The molecule has 0 radical (unpaired) electrons. The van der Waals surface area contributed by atoms with Gasteiger partial charge < -0.3 is 24.3 Å². The first-order chi connectivity index (χ1) is 14.3. The zero-order chi connectivity index (χ0) is 19.9. The van der Waals surface area contributed by atoms with Crippen molar-refractivity contribution in [3.63, 3.8) is 0 Å². The Morgan fingerprint density at radius 1 is 0.897 bits per heavy atom. The smallest absolute Gasteiger partial charge is 0.161 e. The van der Waals surface area contributed by atoms with Gasteiger partial charge in [0, 0.05) is 13.1 Å². The van der Waals surface area contributed by atoms with Gasteiger partial charge in [-0.2, -0.15) is 0 Å². The molecule has 0 aliphatic carbocycles. The predicted molar refractivity (Wildman–Crippen MR) is 112 cm³/mol. The lowest BCUT2D eigenvalue weighted by Crippen LogP contribution is -2.38. The third kappa shape index (κ3) is 5.00. The summed E-state index contributed by atoms with van der Waals surface area (Å²) in [5.74, 6) is 3.07. The molecule has 1 aliphatic heterocycles. The summed E-state index contributed by atoms with van der Waals surface area (Å²) in [4.78, 5) is 0. The van der Waals surface area contributed by atoms with Gasteiger partial charge in [-0.15, -0.1) is 0 Å². The van der Waals surface area contributed by atoms with Gasteiger partial charge in [0.2, 0.25) is 0 Å². The lowest BCUT2D eigenvalue weighted by molar-refractivity contribution is 0.0902. The monoisotopic (exact) mass is 391 g/mol. The van der Waals surface area contributed by atoms with Crippen molar-refractivity contribution < 1.29 is 18.9 Å². The minimum atomic E-state index is -0.0167. The van der Waals surface area contributed by atoms with E-state index >= 15 is 0 Å². The van der Waals surface area contributed by atoms with Gasteiger partial charge in [-0.25, -0.2) is 0 Å². The van der Waals surface area contributed by atoms with Crippen molar-refractivity contribution in [2.45, 2.75) is 19.3 Å². The zero-order valence-corrected chi connectivity index (χ0v) is 16.5. The summed E-state index contributed by atoms with van der Waals surface area (Å²) in [7, 11) is 1.65. The van der Waals surface area contributed by atoms with E-state index < -0.39 is 0 Å². The largest absolute Gasteiger partial charge is 0.493 e. The number of rotatable bonds is 8. The maximum Gasteiger partial charge on any atom is 0.161 e. The highest BCUT2D eigenvalue weighted by atomic mass is 16.6. The van der Waals surface area contributed by atoms with E-state index in [1.54, 1.807) is 7.11 Å². The number of methoxy groups -OCH3 is 1. The van der Waals surface area contributed by atoms with Gasteiger partial charge in [0.25, 0.3) is 0 Å². The Morgan fingerprint density at radius 2 is 1.69 bits per heavy atom. The molecule has 0 fully saturated rings. The molecule has 3 aromatic rings. The second kappa shape index (κ2) is 9.34. The molecule has 0 aromatic heterocycles. The first kappa shape index (κ1) is 19.2. The Morgan fingerprint density at radius 3 is 2.52 bits per heavy atom. The van der Waals surface area contributed by atoms with Gasteiger partial charge in [-0.05, 0) is 35.4 Å². The van der Waals surface area contributed by atoms with Crippen molar-refractivity contribution in [3.8, 4) is 23.0 Å². The van der Waals surface area contributed by atoms with Crippen LogP contribution in [0.1, 0.15) is 11.1 Å². The van der Waals surface area contributed by atoms with Crippen LogP contribution in [-0.2, 0) is 13.2 Å². The fraction of sp³-hybridized carbons (Fsp3) is 0.250. The predicted octanol–water partition coefficient (Wildman–Crippen LogP) is 4.20. The molecule has 3 aromatic carbocycles. The van der Waals surface area contributed by atoms with Gasteiger partial charge in [0.1, 0.15) is 19.3 Å². The van der Waals surface area contributed by atoms with Crippen molar-refractivity contribution in [1.29, 1.82) is 0 Å². The second-order valence-electron chi connectivity index (χ2n) is 6.89. The minimum Gasteiger partial charge on any atom is -0.493 e. The summed E-state index contributed by atoms with van der Waals surface area (Å²) < 4.78 is 23.2. The Hall–Kier alpha value is -3.18. The van der Waals surface area contributed by atoms with Crippen LogP contribution in [0, 0.1) is 0 Å². The van der Waals surface area contributed by atoms with Crippen LogP contribution in [0.3, 0.4) is 0 Å². The highest BCUT2D eigenvalue weighted by molar-refractivity contribution is 5.43. The van der Waals surface area contributed by atoms with E-state index in [2.05, 4.69) is 5.32 Å². The van der Waals surface area contributed by atoms with E-state index in [4.69, 9.17) is 18.9 Å². The number of nitrogens with one attached hydrogen (secondary N) is 1. The number of para-hydroxylation sites is 2. The molecule has 0 saturated carbocycles. The van der Waals surface area contributed by atoms with E-state index in [1.165, 1.54) is 0 Å². The topological polar surface area (TPSA) is 49.0 Å². The number of benzene rings is 3. The number of ether oxygens (including phenoxy) is 4. The van der Waals surface area contributed by atoms with Crippen molar-refractivity contribution in [1.82, 2.24) is 5.32 Å². The molecule has 0 saturated heterocycles. The molecule has 1 N–H and O–H groups in total. The standard InChI is InChI=1S/C24H25NO4/c1-26-21-12-11-19(13-24(21)27-16-18-7-3-2-4-8-18)14-25-15-20-17-28-22-9-5-6-10-23(22)29-20/h2-13,20,25H,14-17H2,1H3/t20-/m1/s1. The molecule has 0 spiro atoms. The Labute approximate surface area is 171 Å². The molecule has 1 atom stereocenters. The van der Waals surface area contributed by atoms with Crippen LogP contribution in [0.15, 0.2) is 72.8 Å². The van der Waals surface area contributed by atoms with E-state index in [9.17, 15) is 0 Å². The van der Waals surface area contributed by atoms with Crippen molar-refractivity contribution >= 4 is 0 Å². The van der Waals surface area contributed by atoms with Crippen LogP contribution in [0.2, 0.25) is 0 Å². The van der Waals surface area contributed by atoms with Crippen LogP contribution in [0.25, 0.3) is 0 Å². The summed E-state index contributed by atoms with van der Waals surface area (Å²) >= 11 is 0. The van der Waals surface area contributed by atoms with E-state index in [1.807, 2.05) is 72.8 Å². The van der Waals surface area contributed by atoms with Gasteiger partial charge >= 0.3 is 0 Å². The quantitative estimate of drug-likeness (QED) is 0.624. The third-order valence-electron chi connectivity index (χ3n) is 4.73. The highest BCUT2D eigenvalue weighted by Gasteiger charge is 2.20. The van der Waals surface area contributed by atoms with E-state index in [0.717, 1.165) is 34.1 Å². The molecule has 4 rings (SSSR count). The van der Waals surface area contributed by atoms with Gasteiger partial charge in [0.15, 0.2) is 23.0 Å². The van der Waals surface area contributed by atoms with Crippen molar-refractivity contribution in [2.75, 3.05) is 20.3 Å². The lowest BCUT2D eigenvalue weighted by atomic mass is 10.2. The molecule has 29 heavy (non-hydrogen) atoms. The third-order valence-corrected chi connectivity index (χ3v) is 4.73. The van der Waals surface area contributed by atoms with Crippen LogP contribution in [0.5, 0.6) is 23.0 Å². The number of fused-ring (bicyclic) bond motifs is 1. The normalized spacial score (nSPS) is 15.0. The lowest BCUT2D eigenvalue weighted by Gasteiger charge is -2.26. The second-order valence-corrected chi connectivity index (χ2v) is 6.89. The summed E-state index contributed by atoms with van der Waals surface area (Å²) in [5, 5.41) is 3.44. The Bertz CT molecular complexity index is 929. The van der Waals surface area contributed by atoms with Gasteiger partial charge in [-0.3, -0.25) is 0 Å². The molecular formula is C24H25NO4. The number of hydrogen-bond acceptors (Lipinski definition) is 5. The van der Waals surface area contributed by atoms with Crippen molar-refractivity contribution in [2.24, 2.45) is 0 Å². The molecule has 150 valence electrons. The average Bonchev–Trinajstić information content (AvgIpc) is 2.78. The summed E-state index contributed by atoms with van der Waals surface area (Å²) in [6, 6.07) is 23.8. The molecule has 1 heterocycles. The van der Waals surface area contributed by atoms with E-state index in [0.29, 0.717) is 26.3 Å². The van der Waals surface area contributed by atoms with Gasteiger partial charge in [-0.1, -0.05) is 48.5 Å². The Balaban J connectivity index is 1.32. The van der Waals surface area contributed by atoms with Crippen LogP contribution < -0.4 is 24.3 Å². The summed E-state index contributed by atoms with van der Waals surface area (Å²) in [6.45, 7) is 2.44. The SMILES string of the molecule is COc1ccc(CNC[C@@H]2COc3ccccc3O2)cc1OCc1ccccc1. The first-order valence-corrected chi connectivity index (χ1v) is 9.74. The zero-order valence-electron chi connectivity index (χ0n) is 16.5. The highest BCUT2D eigenvalue weighted by Crippen LogP contribution is 2.31. The molecular weight excluding hydrogens is 366 g/mol.